The molecular weight excluding hydrogens is 162 g/mol. The lowest BCUT2D eigenvalue weighted by Gasteiger charge is -2.23. The van der Waals surface area contributed by atoms with Gasteiger partial charge >= 0.3 is 0 Å². The summed E-state index contributed by atoms with van der Waals surface area (Å²) in [5, 5.41) is 3.44. The maximum Gasteiger partial charge on any atom is 0.0623 e. The molecule has 2 rings (SSSR count). The molecule has 1 saturated heterocycles. The minimum atomic E-state index is 0.496. The number of nitrogens with one attached hydrogen (secondary N) is 1. The monoisotopic (exact) mass is 177 g/mol. The van der Waals surface area contributed by atoms with E-state index >= 15 is 0 Å². The summed E-state index contributed by atoms with van der Waals surface area (Å²) in [4.78, 5) is 0. The molecule has 1 atom stereocenters. The lowest BCUT2D eigenvalue weighted by atomic mass is 10.1. The number of ether oxygens (including phenoxy) is 1. The van der Waals surface area contributed by atoms with Crippen molar-refractivity contribution >= 4 is 0 Å². The van der Waals surface area contributed by atoms with Crippen LogP contribution in [-0.2, 0) is 11.2 Å². The highest BCUT2D eigenvalue weighted by atomic mass is 16.5. The van der Waals surface area contributed by atoms with Crippen molar-refractivity contribution < 1.29 is 4.74 Å². The van der Waals surface area contributed by atoms with E-state index in [0.717, 1.165) is 26.2 Å². The average Bonchev–Trinajstić information content (AvgIpc) is 2.21. The van der Waals surface area contributed by atoms with Crippen molar-refractivity contribution in [1.29, 1.82) is 0 Å². The Hall–Kier alpha value is -0.860. The molecule has 2 heteroatoms. The minimum Gasteiger partial charge on any atom is -0.379 e. The van der Waals surface area contributed by atoms with Crippen LogP contribution in [0.2, 0.25) is 0 Å². The third-order valence-electron chi connectivity index (χ3n) is 2.32. The topological polar surface area (TPSA) is 21.3 Å². The third kappa shape index (κ3) is 2.54. The molecule has 0 aliphatic carbocycles. The number of morpholine rings is 1. The van der Waals surface area contributed by atoms with Crippen LogP contribution in [-0.4, -0.2) is 25.8 Å². The second-order valence-electron chi connectivity index (χ2n) is 3.42. The summed E-state index contributed by atoms with van der Waals surface area (Å²) >= 11 is 0. The minimum absolute atomic E-state index is 0.496. The van der Waals surface area contributed by atoms with E-state index in [4.69, 9.17) is 4.74 Å². The lowest BCUT2D eigenvalue weighted by molar-refractivity contribution is 0.0770. The van der Waals surface area contributed by atoms with Gasteiger partial charge in [0, 0.05) is 12.6 Å². The number of hydrogen-bond acceptors (Lipinski definition) is 2. The quantitative estimate of drug-likeness (QED) is 0.733. The predicted molar refractivity (Wildman–Crippen MR) is 52.8 cm³/mol. The maximum atomic E-state index is 5.39. The average molecular weight is 177 g/mol. The van der Waals surface area contributed by atoms with Crippen LogP contribution in [0.1, 0.15) is 5.56 Å². The van der Waals surface area contributed by atoms with E-state index in [1.54, 1.807) is 0 Å². The molecule has 1 aliphatic rings. The van der Waals surface area contributed by atoms with Crippen molar-refractivity contribution in [3.8, 4) is 0 Å². The molecule has 1 fully saturated rings. The van der Waals surface area contributed by atoms with Crippen molar-refractivity contribution in [2.24, 2.45) is 0 Å². The van der Waals surface area contributed by atoms with Gasteiger partial charge in [-0.05, 0) is 12.0 Å². The Labute approximate surface area is 78.9 Å². The highest BCUT2D eigenvalue weighted by molar-refractivity contribution is 5.15. The summed E-state index contributed by atoms with van der Waals surface area (Å²) in [6, 6.07) is 11.0. The number of rotatable bonds is 2. The molecule has 0 spiro atoms. The summed E-state index contributed by atoms with van der Waals surface area (Å²) < 4.78 is 5.39. The third-order valence-corrected chi connectivity index (χ3v) is 2.32. The molecule has 70 valence electrons. The van der Waals surface area contributed by atoms with Crippen molar-refractivity contribution in [3.63, 3.8) is 0 Å². The zero-order valence-corrected chi connectivity index (χ0v) is 7.70. The molecule has 1 heterocycles. The van der Waals surface area contributed by atoms with Crippen molar-refractivity contribution in [1.82, 2.24) is 5.32 Å². The summed E-state index contributed by atoms with van der Waals surface area (Å²) in [6.45, 7) is 2.68. The van der Waals surface area contributed by atoms with Crippen molar-refractivity contribution in [3.05, 3.63) is 35.9 Å². The van der Waals surface area contributed by atoms with Crippen LogP contribution in [0, 0.1) is 0 Å². The smallest absolute Gasteiger partial charge is 0.0623 e. The molecule has 1 aromatic rings. The van der Waals surface area contributed by atoms with E-state index in [1.165, 1.54) is 5.56 Å². The largest absolute Gasteiger partial charge is 0.379 e. The van der Waals surface area contributed by atoms with Crippen LogP contribution < -0.4 is 5.32 Å². The summed E-state index contributed by atoms with van der Waals surface area (Å²) in [5.41, 5.74) is 1.38. The Bertz CT molecular complexity index is 242. The van der Waals surface area contributed by atoms with Gasteiger partial charge in [-0.15, -0.1) is 0 Å². The van der Waals surface area contributed by atoms with Crippen LogP contribution in [0.15, 0.2) is 30.3 Å². The molecule has 0 saturated carbocycles. The van der Waals surface area contributed by atoms with Gasteiger partial charge in [0.2, 0.25) is 0 Å². The second-order valence-corrected chi connectivity index (χ2v) is 3.42. The van der Waals surface area contributed by atoms with E-state index in [1.807, 2.05) is 6.07 Å². The Morgan fingerprint density at radius 1 is 1.31 bits per heavy atom. The first-order valence-corrected chi connectivity index (χ1v) is 4.80. The maximum absolute atomic E-state index is 5.39. The van der Waals surface area contributed by atoms with Gasteiger partial charge in [0.1, 0.15) is 0 Å². The fourth-order valence-corrected chi connectivity index (χ4v) is 1.65. The zero-order valence-electron chi connectivity index (χ0n) is 7.70. The Morgan fingerprint density at radius 2 is 2.15 bits per heavy atom. The van der Waals surface area contributed by atoms with E-state index in [9.17, 15) is 0 Å². The molecule has 0 radical (unpaired) electrons. The molecule has 1 aliphatic heterocycles. The van der Waals surface area contributed by atoms with E-state index < -0.39 is 0 Å². The fourth-order valence-electron chi connectivity index (χ4n) is 1.65. The normalized spacial score (nSPS) is 22.9. The predicted octanol–water partition coefficient (Wildman–Crippen LogP) is 1.22. The SMILES string of the molecule is c1ccc(CC2COCCN2)cc1. The van der Waals surface area contributed by atoms with E-state index in [2.05, 4.69) is 29.6 Å². The first-order valence-electron chi connectivity index (χ1n) is 4.80. The molecule has 13 heavy (non-hydrogen) atoms. The molecule has 0 bridgehead atoms. The molecule has 1 unspecified atom stereocenters. The molecular formula is C11H15NO. The summed E-state index contributed by atoms with van der Waals surface area (Å²) in [6.07, 6.45) is 1.07. The zero-order chi connectivity index (χ0) is 8.93. The Morgan fingerprint density at radius 3 is 2.85 bits per heavy atom. The Kier molecular flexibility index (Phi) is 2.95. The standard InChI is InChI=1S/C11H15NO/c1-2-4-10(5-3-1)8-11-9-13-7-6-12-11/h1-5,11-12H,6-9H2. The first kappa shape index (κ1) is 8.73. The van der Waals surface area contributed by atoms with Gasteiger partial charge in [0.25, 0.3) is 0 Å². The van der Waals surface area contributed by atoms with Crippen LogP contribution in [0.3, 0.4) is 0 Å². The van der Waals surface area contributed by atoms with Gasteiger partial charge in [-0.3, -0.25) is 0 Å². The van der Waals surface area contributed by atoms with Crippen LogP contribution in [0.25, 0.3) is 0 Å². The highest BCUT2D eigenvalue weighted by Crippen LogP contribution is 2.05. The van der Waals surface area contributed by atoms with Gasteiger partial charge in [-0.2, -0.15) is 0 Å². The fraction of sp³-hybridized carbons (Fsp3) is 0.455. The van der Waals surface area contributed by atoms with Crippen molar-refractivity contribution in [2.45, 2.75) is 12.5 Å². The number of hydrogen-bond donors (Lipinski definition) is 1. The van der Waals surface area contributed by atoms with Crippen LogP contribution in [0.5, 0.6) is 0 Å². The molecule has 1 aromatic carbocycles. The van der Waals surface area contributed by atoms with Gasteiger partial charge in [-0.1, -0.05) is 30.3 Å². The molecule has 2 nitrogen and oxygen atoms in total. The summed E-state index contributed by atoms with van der Waals surface area (Å²) in [5.74, 6) is 0. The first-order chi connectivity index (χ1) is 6.45. The Balaban J connectivity index is 1.90. The lowest BCUT2D eigenvalue weighted by Crippen LogP contribution is -2.42. The highest BCUT2D eigenvalue weighted by Gasteiger charge is 2.12. The van der Waals surface area contributed by atoms with E-state index in [-0.39, 0.29) is 0 Å². The van der Waals surface area contributed by atoms with Gasteiger partial charge in [0.15, 0.2) is 0 Å². The van der Waals surface area contributed by atoms with Gasteiger partial charge in [-0.25, -0.2) is 0 Å². The van der Waals surface area contributed by atoms with E-state index in [0.29, 0.717) is 6.04 Å². The van der Waals surface area contributed by atoms with Gasteiger partial charge < -0.3 is 10.1 Å². The summed E-state index contributed by atoms with van der Waals surface area (Å²) in [7, 11) is 0. The molecule has 0 amide bonds. The molecule has 1 N–H and O–H groups in total. The molecule has 0 aromatic heterocycles. The van der Waals surface area contributed by atoms with Crippen molar-refractivity contribution in [2.75, 3.05) is 19.8 Å². The van der Waals surface area contributed by atoms with Crippen LogP contribution in [0.4, 0.5) is 0 Å². The second kappa shape index (κ2) is 4.40. The van der Waals surface area contributed by atoms with Gasteiger partial charge in [0.05, 0.1) is 13.2 Å². The van der Waals surface area contributed by atoms with Crippen LogP contribution >= 0.6 is 0 Å². The number of benzene rings is 1.